The van der Waals surface area contributed by atoms with E-state index in [-0.39, 0.29) is 0 Å². The Kier molecular flexibility index (Phi) is 5.84. The van der Waals surface area contributed by atoms with Crippen LogP contribution in [0.25, 0.3) is 0 Å². The number of halogens is 2. The van der Waals surface area contributed by atoms with E-state index in [1.165, 1.54) is 0 Å². The molecule has 0 aliphatic heterocycles. The largest absolute Gasteiger partial charge is 0.487 e. The third kappa shape index (κ3) is 3.67. The number of aryl methyl sites for hydroxylation is 2. The third-order valence-electron chi connectivity index (χ3n) is 3.31. The van der Waals surface area contributed by atoms with Crippen LogP contribution in [-0.4, -0.2) is 9.78 Å². The summed E-state index contributed by atoms with van der Waals surface area (Å²) in [7, 11) is 0. The molecule has 0 radical (unpaired) electrons. The lowest BCUT2D eigenvalue weighted by Gasteiger charge is -2.10. The van der Waals surface area contributed by atoms with Gasteiger partial charge in [0, 0.05) is 17.6 Å². The predicted octanol–water partition coefficient (Wildman–Crippen LogP) is 4.03. The highest BCUT2D eigenvalue weighted by Gasteiger charge is 2.14. The molecule has 0 saturated carbocycles. The molecule has 0 spiro atoms. The lowest BCUT2D eigenvalue weighted by Crippen LogP contribution is -2.07. The van der Waals surface area contributed by atoms with Crippen LogP contribution in [0.2, 0.25) is 0 Å². The molecule has 4 nitrogen and oxygen atoms in total. The van der Waals surface area contributed by atoms with E-state index < -0.39 is 0 Å². The zero-order chi connectivity index (χ0) is 15.4. The molecule has 0 aliphatic rings. The van der Waals surface area contributed by atoms with Crippen LogP contribution in [0.5, 0.6) is 5.75 Å². The Morgan fingerprint density at radius 2 is 2.05 bits per heavy atom. The number of benzene rings is 1. The quantitative estimate of drug-likeness (QED) is 0.773. The van der Waals surface area contributed by atoms with Crippen molar-refractivity contribution in [2.45, 2.75) is 40.0 Å². The van der Waals surface area contributed by atoms with E-state index in [1.54, 1.807) is 0 Å². The first kappa shape index (κ1) is 16.5. The van der Waals surface area contributed by atoms with Gasteiger partial charge in [0.05, 0.1) is 15.9 Å². The van der Waals surface area contributed by atoms with Crippen molar-refractivity contribution in [3.05, 3.63) is 44.1 Å². The first-order chi connectivity index (χ1) is 10.1. The number of nitrogens with two attached hydrogens (primary N) is 1. The number of nitrogens with zero attached hydrogens (tertiary/aromatic N) is 2. The van der Waals surface area contributed by atoms with Crippen LogP contribution in [0.4, 0.5) is 0 Å². The molecular weight excluding hydrogens is 398 g/mol. The highest BCUT2D eigenvalue weighted by atomic mass is 79.9. The van der Waals surface area contributed by atoms with E-state index in [0.29, 0.717) is 13.2 Å². The first-order valence-electron chi connectivity index (χ1n) is 6.96. The van der Waals surface area contributed by atoms with Crippen LogP contribution >= 0.6 is 31.9 Å². The molecule has 2 rings (SSSR count). The number of hydrogen-bond acceptors (Lipinski definition) is 3. The van der Waals surface area contributed by atoms with Crippen LogP contribution in [0.1, 0.15) is 30.8 Å². The van der Waals surface area contributed by atoms with Crippen LogP contribution in [0.15, 0.2) is 27.1 Å². The highest BCUT2D eigenvalue weighted by molar-refractivity contribution is 9.10. The molecule has 1 aromatic heterocycles. The van der Waals surface area contributed by atoms with Crippen LogP contribution in [0, 0.1) is 0 Å². The first-order valence-corrected chi connectivity index (χ1v) is 8.54. The predicted molar refractivity (Wildman–Crippen MR) is 91.3 cm³/mol. The summed E-state index contributed by atoms with van der Waals surface area (Å²) in [5.41, 5.74) is 8.87. The molecule has 0 saturated heterocycles. The SMILES string of the molecule is CCc1nn(CC)c(COc2ccc(Br)c(CN)c2)c1Br. The standard InChI is InChI=1S/C15H19Br2N3O/c1-3-13-15(17)14(20(4-2)19-13)9-21-11-5-6-12(16)10(7-11)8-18/h5-7H,3-4,8-9,18H2,1-2H3. The molecule has 0 fully saturated rings. The zero-order valence-corrected chi connectivity index (χ0v) is 15.4. The molecule has 2 N–H and O–H groups in total. The van der Waals surface area contributed by atoms with E-state index in [1.807, 2.05) is 22.9 Å². The number of aromatic nitrogens is 2. The fourth-order valence-electron chi connectivity index (χ4n) is 2.10. The van der Waals surface area contributed by atoms with Crippen LogP contribution < -0.4 is 10.5 Å². The van der Waals surface area contributed by atoms with Crippen molar-refractivity contribution in [3.63, 3.8) is 0 Å². The van der Waals surface area contributed by atoms with Gasteiger partial charge in [0.15, 0.2) is 0 Å². The van der Waals surface area contributed by atoms with Gasteiger partial charge in [0.2, 0.25) is 0 Å². The fourth-order valence-corrected chi connectivity index (χ4v) is 3.19. The maximum atomic E-state index is 5.90. The van der Waals surface area contributed by atoms with Gasteiger partial charge in [-0.2, -0.15) is 5.10 Å². The van der Waals surface area contributed by atoms with Crippen molar-refractivity contribution in [1.82, 2.24) is 9.78 Å². The second-order valence-corrected chi connectivity index (χ2v) is 6.27. The van der Waals surface area contributed by atoms with E-state index in [9.17, 15) is 0 Å². The summed E-state index contributed by atoms with van der Waals surface area (Å²) >= 11 is 7.10. The second-order valence-electron chi connectivity index (χ2n) is 4.62. The van der Waals surface area contributed by atoms with Gasteiger partial charge in [0.1, 0.15) is 12.4 Å². The number of rotatable bonds is 6. The summed E-state index contributed by atoms with van der Waals surface area (Å²) in [6.07, 6.45) is 0.899. The maximum absolute atomic E-state index is 5.90. The van der Waals surface area contributed by atoms with Gasteiger partial charge in [-0.1, -0.05) is 22.9 Å². The van der Waals surface area contributed by atoms with Crippen molar-refractivity contribution in [2.75, 3.05) is 0 Å². The smallest absolute Gasteiger partial charge is 0.131 e. The molecule has 1 heterocycles. The normalized spacial score (nSPS) is 10.9. The minimum Gasteiger partial charge on any atom is -0.487 e. The van der Waals surface area contributed by atoms with Crippen molar-refractivity contribution in [1.29, 1.82) is 0 Å². The molecule has 0 amide bonds. The van der Waals surface area contributed by atoms with Gasteiger partial charge in [-0.25, -0.2) is 0 Å². The summed E-state index contributed by atoms with van der Waals surface area (Å²) in [4.78, 5) is 0. The molecule has 21 heavy (non-hydrogen) atoms. The van der Waals surface area contributed by atoms with E-state index in [0.717, 1.165) is 44.6 Å². The molecule has 0 aliphatic carbocycles. The highest BCUT2D eigenvalue weighted by Crippen LogP contribution is 2.26. The van der Waals surface area contributed by atoms with Crippen molar-refractivity contribution in [2.24, 2.45) is 5.73 Å². The van der Waals surface area contributed by atoms with Gasteiger partial charge in [0.25, 0.3) is 0 Å². The molecular formula is C15H19Br2N3O. The summed E-state index contributed by atoms with van der Waals surface area (Å²) < 4.78 is 9.93. The Morgan fingerprint density at radius 1 is 1.29 bits per heavy atom. The molecule has 2 aromatic rings. The third-order valence-corrected chi connectivity index (χ3v) is 5.00. The summed E-state index contributed by atoms with van der Waals surface area (Å²) in [5.74, 6) is 0.812. The van der Waals surface area contributed by atoms with Gasteiger partial charge in [-0.15, -0.1) is 0 Å². The summed E-state index contributed by atoms with van der Waals surface area (Å²) in [5, 5.41) is 4.57. The molecule has 0 unspecified atom stereocenters. The monoisotopic (exact) mass is 415 g/mol. The average molecular weight is 417 g/mol. The van der Waals surface area contributed by atoms with Gasteiger partial charge in [-0.05, 0) is 53.0 Å². The molecule has 0 atom stereocenters. The van der Waals surface area contributed by atoms with E-state index in [4.69, 9.17) is 10.5 Å². The summed E-state index contributed by atoms with van der Waals surface area (Å²) in [6.45, 7) is 5.96. The second kappa shape index (κ2) is 7.42. The average Bonchev–Trinajstić information content (AvgIpc) is 2.82. The minimum atomic E-state index is 0.479. The van der Waals surface area contributed by atoms with E-state index >= 15 is 0 Å². The van der Waals surface area contributed by atoms with Crippen LogP contribution in [0.3, 0.4) is 0 Å². The maximum Gasteiger partial charge on any atom is 0.131 e. The Morgan fingerprint density at radius 3 is 2.67 bits per heavy atom. The van der Waals surface area contributed by atoms with Gasteiger partial charge in [-0.3, -0.25) is 4.68 Å². The zero-order valence-electron chi connectivity index (χ0n) is 12.2. The molecule has 1 aromatic carbocycles. The van der Waals surface area contributed by atoms with Gasteiger partial charge >= 0.3 is 0 Å². The Bertz CT molecular complexity index is 626. The minimum absolute atomic E-state index is 0.479. The Balaban J connectivity index is 2.18. The molecule has 6 heteroatoms. The Labute approximate surface area is 141 Å². The fraction of sp³-hybridized carbons (Fsp3) is 0.400. The Hall–Kier alpha value is -0.850. The van der Waals surface area contributed by atoms with Crippen LogP contribution in [-0.2, 0) is 26.1 Å². The van der Waals surface area contributed by atoms with Crippen molar-refractivity contribution < 1.29 is 4.74 Å². The van der Waals surface area contributed by atoms with E-state index in [2.05, 4.69) is 50.8 Å². The van der Waals surface area contributed by atoms with Crippen molar-refractivity contribution >= 4 is 31.9 Å². The number of hydrogen-bond donors (Lipinski definition) is 1. The lowest BCUT2D eigenvalue weighted by atomic mass is 10.2. The summed E-state index contributed by atoms with van der Waals surface area (Å²) in [6, 6.07) is 5.86. The van der Waals surface area contributed by atoms with Gasteiger partial charge < -0.3 is 10.5 Å². The lowest BCUT2D eigenvalue weighted by molar-refractivity contribution is 0.291. The topological polar surface area (TPSA) is 53.1 Å². The number of ether oxygens (including phenoxy) is 1. The molecule has 0 bridgehead atoms. The molecule has 114 valence electrons. The van der Waals surface area contributed by atoms with Crippen molar-refractivity contribution in [3.8, 4) is 5.75 Å².